The quantitative estimate of drug-likeness (QED) is 0.840. The number of aliphatic hydroxyl groups is 1. The molecule has 0 aliphatic heterocycles. The fourth-order valence-electron chi connectivity index (χ4n) is 1.42. The largest absolute Gasteiger partial charge is 0.392 e. The van der Waals surface area contributed by atoms with Crippen LogP contribution in [0, 0.1) is 0 Å². The number of hydrogen-bond acceptors (Lipinski definition) is 5. The number of aliphatic hydroxyl groups excluding tert-OH is 1. The van der Waals surface area contributed by atoms with Crippen molar-refractivity contribution in [3.63, 3.8) is 0 Å². The molecule has 0 saturated heterocycles. The summed E-state index contributed by atoms with van der Waals surface area (Å²) in [5, 5.41) is 11.7. The van der Waals surface area contributed by atoms with Crippen LogP contribution in [0.5, 0.6) is 0 Å². The molecule has 6 heteroatoms. The number of aromatic nitrogens is 3. The van der Waals surface area contributed by atoms with E-state index < -0.39 is 6.10 Å². The van der Waals surface area contributed by atoms with E-state index in [0.29, 0.717) is 17.1 Å². The van der Waals surface area contributed by atoms with Crippen molar-refractivity contribution in [2.24, 2.45) is 0 Å². The molecule has 2 N–H and O–H groups in total. The second-order valence-electron chi connectivity index (χ2n) is 4.07. The molecular formula is C13H14N4O2. The van der Waals surface area contributed by atoms with Gasteiger partial charge in [0.25, 0.3) is 5.91 Å². The van der Waals surface area contributed by atoms with Crippen molar-refractivity contribution >= 4 is 5.91 Å². The van der Waals surface area contributed by atoms with E-state index in [0.717, 1.165) is 0 Å². The van der Waals surface area contributed by atoms with Gasteiger partial charge >= 0.3 is 0 Å². The van der Waals surface area contributed by atoms with Gasteiger partial charge in [-0.1, -0.05) is 6.07 Å². The maximum absolute atomic E-state index is 11.7. The number of pyridine rings is 1. The molecule has 0 radical (unpaired) electrons. The predicted molar refractivity (Wildman–Crippen MR) is 69.3 cm³/mol. The summed E-state index contributed by atoms with van der Waals surface area (Å²) in [5.74, 6) is 0.154. The Morgan fingerprint density at radius 3 is 2.63 bits per heavy atom. The summed E-state index contributed by atoms with van der Waals surface area (Å²) in [6, 6.07) is 5.44. The van der Waals surface area contributed by atoms with E-state index in [1.807, 2.05) is 6.07 Å². The average molecular weight is 258 g/mol. The molecule has 0 saturated carbocycles. The molecule has 0 aromatic carbocycles. The molecule has 0 fully saturated rings. The van der Waals surface area contributed by atoms with Crippen molar-refractivity contribution in [2.45, 2.75) is 13.0 Å². The topological polar surface area (TPSA) is 88.0 Å². The zero-order chi connectivity index (χ0) is 13.7. The average Bonchev–Trinajstić information content (AvgIpc) is 2.46. The lowest BCUT2D eigenvalue weighted by Crippen LogP contribution is -2.30. The predicted octanol–water partition coefficient (Wildman–Crippen LogP) is 0.649. The summed E-state index contributed by atoms with van der Waals surface area (Å²) in [7, 11) is 0. The molecule has 0 aliphatic carbocycles. The Labute approximate surface area is 110 Å². The highest BCUT2D eigenvalue weighted by molar-refractivity contribution is 5.93. The minimum Gasteiger partial charge on any atom is -0.392 e. The fourth-order valence-corrected chi connectivity index (χ4v) is 1.42. The molecule has 2 rings (SSSR count). The Morgan fingerprint density at radius 1 is 1.32 bits per heavy atom. The van der Waals surface area contributed by atoms with Crippen molar-refractivity contribution in [1.82, 2.24) is 20.3 Å². The number of carbonyl (C=O) groups is 1. The second-order valence-corrected chi connectivity index (χ2v) is 4.07. The smallest absolute Gasteiger partial charge is 0.254 e. The summed E-state index contributed by atoms with van der Waals surface area (Å²) < 4.78 is 0. The summed E-state index contributed by atoms with van der Waals surface area (Å²) >= 11 is 0. The maximum Gasteiger partial charge on any atom is 0.254 e. The van der Waals surface area contributed by atoms with Crippen molar-refractivity contribution < 1.29 is 9.90 Å². The van der Waals surface area contributed by atoms with Gasteiger partial charge in [-0.25, -0.2) is 9.97 Å². The van der Waals surface area contributed by atoms with Crippen molar-refractivity contribution in [1.29, 1.82) is 0 Å². The first-order chi connectivity index (χ1) is 9.16. The SMILES string of the molecule is CC(O)CNC(=O)c1cnc(-c2ccccn2)nc1. The molecule has 19 heavy (non-hydrogen) atoms. The minimum absolute atomic E-state index is 0.195. The number of carbonyl (C=O) groups excluding carboxylic acids is 1. The maximum atomic E-state index is 11.7. The van der Waals surface area contributed by atoms with Crippen LogP contribution >= 0.6 is 0 Å². The zero-order valence-corrected chi connectivity index (χ0v) is 10.4. The summed E-state index contributed by atoms with van der Waals surface area (Å²) in [6.45, 7) is 1.79. The van der Waals surface area contributed by atoms with Gasteiger partial charge in [-0.15, -0.1) is 0 Å². The highest BCUT2D eigenvalue weighted by Crippen LogP contribution is 2.09. The Morgan fingerprint density at radius 2 is 2.05 bits per heavy atom. The first-order valence-electron chi connectivity index (χ1n) is 5.86. The third-order valence-corrected chi connectivity index (χ3v) is 2.37. The van der Waals surface area contributed by atoms with Crippen molar-refractivity contribution in [2.75, 3.05) is 6.54 Å². The Balaban J connectivity index is 2.08. The van der Waals surface area contributed by atoms with Crippen LogP contribution in [0.4, 0.5) is 0 Å². The van der Waals surface area contributed by atoms with E-state index >= 15 is 0 Å². The molecular weight excluding hydrogens is 244 g/mol. The summed E-state index contributed by atoms with van der Waals surface area (Å²) in [5.41, 5.74) is 0.999. The van der Waals surface area contributed by atoms with Gasteiger partial charge in [0.2, 0.25) is 0 Å². The molecule has 0 bridgehead atoms. The monoisotopic (exact) mass is 258 g/mol. The lowest BCUT2D eigenvalue weighted by molar-refractivity contribution is 0.0923. The highest BCUT2D eigenvalue weighted by atomic mass is 16.3. The first kappa shape index (κ1) is 13.1. The van der Waals surface area contributed by atoms with Gasteiger partial charge in [0, 0.05) is 25.1 Å². The van der Waals surface area contributed by atoms with E-state index in [-0.39, 0.29) is 12.5 Å². The molecule has 98 valence electrons. The van der Waals surface area contributed by atoms with Gasteiger partial charge in [-0.05, 0) is 19.1 Å². The first-order valence-corrected chi connectivity index (χ1v) is 5.86. The Hall–Kier alpha value is -2.34. The molecule has 1 amide bonds. The van der Waals surface area contributed by atoms with Crippen LogP contribution in [0.1, 0.15) is 17.3 Å². The third-order valence-electron chi connectivity index (χ3n) is 2.37. The minimum atomic E-state index is -0.585. The molecule has 1 atom stereocenters. The molecule has 2 aromatic rings. The molecule has 0 aliphatic rings. The van der Waals surface area contributed by atoms with Crippen LogP contribution in [0.3, 0.4) is 0 Å². The number of nitrogens with zero attached hydrogens (tertiary/aromatic N) is 3. The van der Waals surface area contributed by atoms with E-state index in [1.54, 1.807) is 25.3 Å². The second kappa shape index (κ2) is 6.01. The number of amides is 1. The third kappa shape index (κ3) is 3.56. The van der Waals surface area contributed by atoms with Crippen LogP contribution in [0.2, 0.25) is 0 Å². The van der Waals surface area contributed by atoms with Crippen molar-refractivity contribution in [3.8, 4) is 11.5 Å². The van der Waals surface area contributed by atoms with Crippen LogP contribution in [-0.4, -0.2) is 38.6 Å². The van der Waals surface area contributed by atoms with E-state index in [2.05, 4.69) is 20.3 Å². The standard InChI is InChI=1S/C13H14N4O2/c1-9(18)6-17-13(19)10-7-15-12(16-8-10)11-4-2-3-5-14-11/h2-5,7-9,18H,6H2,1H3,(H,17,19). The van der Waals surface area contributed by atoms with E-state index in [9.17, 15) is 4.79 Å². The number of rotatable bonds is 4. The molecule has 0 spiro atoms. The van der Waals surface area contributed by atoms with Crippen molar-refractivity contribution in [3.05, 3.63) is 42.4 Å². The molecule has 2 heterocycles. The zero-order valence-electron chi connectivity index (χ0n) is 10.4. The van der Waals surface area contributed by atoms with E-state index in [1.165, 1.54) is 12.4 Å². The Bertz CT molecular complexity index is 540. The van der Waals surface area contributed by atoms with E-state index in [4.69, 9.17) is 5.11 Å². The molecule has 6 nitrogen and oxygen atoms in total. The highest BCUT2D eigenvalue weighted by Gasteiger charge is 2.08. The van der Waals surface area contributed by atoms with Gasteiger partial charge in [0.15, 0.2) is 5.82 Å². The molecule has 1 unspecified atom stereocenters. The van der Waals surface area contributed by atoms with Gasteiger partial charge in [-0.3, -0.25) is 9.78 Å². The summed E-state index contributed by atoms with van der Waals surface area (Å²) in [4.78, 5) is 24.0. The van der Waals surface area contributed by atoms with Crippen LogP contribution in [0.25, 0.3) is 11.5 Å². The van der Waals surface area contributed by atoms with Crippen LogP contribution in [0.15, 0.2) is 36.8 Å². The lowest BCUT2D eigenvalue weighted by atomic mass is 10.3. The number of nitrogens with one attached hydrogen (secondary N) is 1. The van der Waals surface area contributed by atoms with Gasteiger partial charge in [0.1, 0.15) is 5.69 Å². The lowest BCUT2D eigenvalue weighted by Gasteiger charge is -2.06. The Kier molecular flexibility index (Phi) is 4.15. The summed E-state index contributed by atoms with van der Waals surface area (Å²) in [6.07, 6.45) is 3.95. The normalized spacial score (nSPS) is 11.9. The fraction of sp³-hybridized carbons (Fsp3) is 0.231. The van der Waals surface area contributed by atoms with Crippen LogP contribution in [-0.2, 0) is 0 Å². The van der Waals surface area contributed by atoms with Gasteiger partial charge < -0.3 is 10.4 Å². The van der Waals surface area contributed by atoms with Crippen LogP contribution < -0.4 is 5.32 Å². The van der Waals surface area contributed by atoms with Gasteiger partial charge in [0.05, 0.1) is 11.7 Å². The molecule has 2 aromatic heterocycles. The van der Waals surface area contributed by atoms with Gasteiger partial charge in [-0.2, -0.15) is 0 Å². The number of hydrogen-bond donors (Lipinski definition) is 2.